The predicted octanol–water partition coefficient (Wildman–Crippen LogP) is -2.13. The highest BCUT2D eigenvalue weighted by Gasteiger charge is 2.38. The van der Waals surface area contributed by atoms with Gasteiger partial charge in [-0.2, -0.15) is 0 Å². The van der Waals surface area contributed by atoms with Crippen LogP contribution in [0.3, 0.4) is 0 Å². The van der Waals surface area contributed by atoms with Gasteiger partial charge in [0.15, 0.2) is 0 Å². The molecule has 7 N–H and O–H groups in total. The summed E-state index contributed by atoms with van der Waals surface area (Å²) in [7, 11) is 0. The molecular weight excluding hydrogens is 400 g/mol. The molecule has 1 aliphatic rings. The van der Waals surface area contributed by atoms with Crippen molar-refractivity contribution >= 4 is 29.7 Å². The molecule has 0 aromatic heterocycles. The molecule has 1 saturated heterocycles. The molecule has 0 bridgehead atoms. The number of aliphatic carboxylic acids is 2. The third kappa shape index (κ3) is 7.26. The van der Waals surface area contributed by atoms with E-state index in [-0.39, 0.29) is 25.3 Å². The van der Waals surface area contributed by atoms with Crippen LogP contribution in [0.5, 0.6) is 0 Å². The lowest BCUT2D eigenvalue weighted by Crippen LogP contribution is -2.58. The molecule has 3 amide bonds. The number of likely N-dealkylation sites (tertiary alicyclic amines) is 1. The smallest absolute Gasteiger partial charge is 0.326 e. The van der Waals surface area contributed by atoms with Crippen LogP contribution in [0.25, 0.3) is 0 Å². The minimum atomic E-state index is -1.38. The minimum Gasteiger partial charge on any atom is -0.481 e. The number of aliphatic hydroxyl groups excluding tert-OH is 1. The quantitative estimate of drug-likeness (QED) is 0.212. The van der Waals surface area contributed by atoms with E-state index in [1.807, 2.05) is 0 Å². The predicted molar refractivity (Wildman–Crippen MR) is 103 cm³/mol. The zero-order chi connectivity index (χ0) is 23.0. The summed E-state index contributed by atoms with van der Waals surface area (Å²) in [6.45, 7) is 3.02. The van der Waals surface area contributed by atoms with Crippen LogP contribution in [0.4, 0.5) is 0 Å². The zero-order valence-corrected chi connectivity index (χ0v) is 17.0. The Labute approximate surface area is 173 Å². The number of nitrogens with one attached hydrogen (secondary N) is 2. The van der Waals surface area contributed by atoms with Crippen LogP contribution in [0.15, 0.2) is 0 Å². The first-order valence-electron chi connectivity index (χ1n) is 9.70. The minimum absolute atomic E-state index is 0.0463. The molecule has 30 heavy (non-hydrogen) atoms. The second-order valence-electron chi connectivity index (χ2n) is 7.67. The summed E-state index contributed by atoms with van der Waals surface area (Å²) in [6, 6.07) is -4.88. The molecular formula is C18H30N4O8. The SMILES string of the molecule is CC(C)CC(NC(=O)C(N)CC(=O)O)C(=O)NC(CO)C(=O)N1CCCC1C(=O)O. The van der Waals surface area contributed by atoms with E-state index in [9.17, 15) is 34.2 Å². The van der Waals surface area contributed by atoms with Gasteiger partial charge < -0.3 is 36.6 Å². The average molecular weight is 430 g/mol. The van der Waals surface area contributed by atoms with E-state index in [0.717, 1.165) is 4.90 Å². The molecule has 0 saturated carbocycles. The summed E-state index contributed by atoms with van der Waals surface area (Å²) in [4.78, 5) is 60.6. The lowest BCUT2D eigenvalue weighted by atomic mass is 10.0. The van der Waals surface area contributed by atoms with Crippen LogP contribution in [0.2, 0.25) is 0 Å². The molecule has 1 fully saturated rings. The first kappa shape index (κ1) is 25.3. The average Bonchev–Trinajstić information content (AvgIpc) is 3.13. The highest BCUT2D eigenvalue weighted by atomic mass is 16.4. The standard InChI is InChI=1S/C18H30N4O8/c1-9(2)6-11(20-15(26)10(19)7-14(24)25)16(27)21-12(8-23)17(28)22-5-3-4-13(22)18(29)30/h9-13,23H,3-8,19H2,1-2H3,(H,20,26)(H,21,27)(H,24,25)(H,29,30). The topological polar surface area (TPSA) is 199 Å². The molecule has 170 valence electrons. The van der Waals surface area contributed by atoms with Gasteiger partial charge in [-0.3, -0.25) is 19.2 Å². The lowest BCUT2D eigenvalue weighted by molar-refractivity contribution is -0.150. The lowest BCUT2D eigenvalue weighted by Gasteiger charge is -2.28. The van der Waals surface area contributed by atoms with Crippen molar-refractivity contribution in [1.82, 2.24) is 15.5 Å². The van der Waals surface area contributed by atoms with E-state index < -0.39 is 66.9 Å². The van der Waals surface area contributed by atoms with Crippen molar-refractivity contribution in [3.05, 3.63) is 0 Å². The number of hydrogen-bond donors (Lipinski definition) is 6. The fourth-order valence-electron chi connectivity index (χ4n) is 3.21. The Morgan fingerprint density at radius 3 is 2.17 bits per heavy atom. The zero-order valence-electron chi connectivity index (χ0n) is 17.0. The molecule has 1 rings (SSSR count). The van der Waals surface area contributed by atoms with Gasteiger partial charge in [0.1, 0.15) is 18.1 Å². The van der Waals surface area contributed by atoms with Gasteiger partial charge in [0, 0.05) is 6.54 Å². The number of carbonyl (C=O) groups is 5. The third-order valence-corrected chi connectivity index (χ3v) is 4.69. The Hall–Kier alpha value is -2.73. The van der Waals surface area contributed by atoms with Crippen molar-refractivity contribution < 1.29 is 39.3 Å². The number of nitrogens with zero attached hydrogens (tertiary/aromatic N) is 1. The van der Waals surface area contributed by atoms with E-state index >= 15 is 0 Å². The van der Waals surface area contributed by atoms with E-state index in [2.05, 4.69) is 10.6 Å². The summed E-state index contributed by atoms with van der Waals surface area (Å²) in [5.41, 5.74) is 5.52. The normalized spacial score (nSPS) is 19.1. The Balaban J connectivity index is 2.87. The van der Waals surface area contributed by atoms with Gasteiger partial charge in [-0.05, 0) is 25.2 Å². The molecule has 4 atom stereocenters. The number of carbonyl (C=O) groups excluding carboxylic acids is 3. The maximum absolute atomic E-state index is 12.7. The second kappa shape index (κ2) is 11.5. The molecule has 1 heterocycles. The van der Waals surface area contributed by atoms with Gasteiger partial charge in [-0.15, -0.1) is 0 Å². The van der Waals surface area contributed by atoms with E-state index in [1.54, 1.807) is 13.8 Å². The van der Waals surface area contributed by atoms with Crippen molar-refractivity contribution in [2.24, 2.45) is 11.7 Å². The van der Waals surface area contributed by atoms with Crippen LogP contribution in [0, 0.1) is 5.92 Å². The monoisotopic (exact) mass is 430 g/mol. The highest BCUT2D eigenvalue weighted by molar-refractivity contribution is 5.95. The summed E-state index contributed by atoms with van der Waals surface area (Å²) in [6.07, 6.45) is 0.319. The summed E-state index contributed by atoms with van der Waals surface area (Å²) >= 11 is 0. The maximum Gasteiger partial charge on any atom is 0.326 e. The number of carboxylic acid groups (broad SMARTS) is 2. The van der Waals surface area contributed by atoms with Crippen LogP contribution >= 0.6 is 0 Å². The van der Waals surface area contributed by atoms with Gasteiger partial charge in [0.2, 0.25) is 17.7 Å². The Kier molecular flexibility index (Phi) is 9.66. The van der Waals surface area contributed by atoms with Crippen LogP contribution < -0.4 is 16.4 Å². The fourth-order valence-corrected chi connectivity index (χ4v) is 3.21. The Morgan fingerprint density at radius 2 is 1.67 bits per heavy atom. The molecule has 0 aliphatic carbocycles. The Bertz CT molecular complexity index is 669. The van der Waals surface area contributed by atoms with Crippen molar-refractivity contribution in [2.75, 3.05) is 13.2 Å². The first-order chi connectivity index (χ1) is 14.0. The molecule has 0 aromatic carbocycles. The summed E-state index contributed by atoms with van der Waals surface area (Å²) in [5.74, 6) is -4.81. The fraction of sp³-hybridized carbons (Fsp3) is 0.722. The van der Waals surface area contributed by atoms with Crippen molar-refractivity contribution in [3.63, 3.8) is 0 Å². The van der Waals surface area contributed by atoms with Crippen molar-refractivity contribution in [3.8, 4) is 0 Å². The van der Waals surface area contributed by atoms with Crippen molar-refractivity contribution in [2.45, 2.75) is 63.7 Å². The molecule has 0 aromatic rings. The number of amides is 3. The molecule has 1 aliphatic heterocycles. The molecule has 12 nitrogen and oxygen atoms in total. The van der Waals surface area contributed by atoms with E-state index in [0.29, 0.717) is 6.42 Å². The maximum atomic E-state index is 12.7. The summed E-state index contributed by atoms with van der Waals surface area (Å²) in [5, 5.41) is 32.3. The second-order valence-corrected chi connectivity index (χ2v) is 7.67. The van der Waals surface area contributed by atoms with Crippen LogP contribution in [-0.4, -0.2) is 87.2 Å². The van der Waals surface area contributed by atoms with E-state index in [1.165, 1.54) is 0 Å². The highest BCUT2D eigenvalue weighted by Crippen LogP contribution is 2.18. The number of rotatable bonds is 11. The number of nitrogens with two attached hydrogens (primary N) is 1. The van der Waals surface area contributed by atoms with Gasteiger partial charge in [-0.25, -0.2) is 4.79 Å². The molecule has 4 unspecified atom stereocenters. The van der Waals surface area contributed by atoms with Crippen LogP contribution in [0.1, 0.15) is 39.5 Å². The van der Waals surface area contributed by atoms with Crippen LogP contribution in [-0.2, 0) is 24.0 Å². The van der Waals surface area contributed by atoms with Crippen molar-refractivity contribution in [1.29, 1.82) is 0 Å². The number of carboxylic acids is 2. The molecule has 12 heteroatoms. The third-order valence-electron chi connectivity index (χ3n) is 4.69. The van der Waals surface area contributed by atoms with Gasteiger partial charge in [0.25, 0.3) is 0 Å². The molecule has 0 radical (unpaired) electrons. The molecule has 0 spiro atoms. The number of hydrogen-bond acceptors (Lipinski definition) is 7. The Morgan fingerprint density at radius 1 is 1.07 bits per heavy atom. The van der Waals surface area contributed by atoms with Gasteiger partial charge in [0.05, 0.1) is 19.1 Å². The first-order valence-corrected chi connectivity index (χ1v) is 9.70. The van der Waals surface area contributed by atoms with Gasteiger partial charge >= 0.3 is 11.9 Å². The number of aliphatic hydroxyl groups is 1. The van der Waals surface area contributed by atoms with E-state index in [4.69, 9.17) is 10.8 Å². The van der Waals surface area contributed by atoms with Gasteiger partial charge in [-0.1, -0.05) is 13.8 Å². The summed E-state index contributed by atoms with van der Waals surface area (Å²) < 4.78 is 0. The largest absolute Gasteiger partial charge is 0.481 e.